The predicted octanol–water partition coefficient (Wildman–Crippen LogP) is 2.79. The molecule has 2 amide bonds. The number of nitrogens with one attached hydrogen (secondary N) is 2. The molecule has 0 radical (unpaired) electrons. The fourth-order valence-electron chi connectivity index (χ4n) is 5.13. The average Bonchev–Trinajstić information content (AvgIpc) is 2.57. The van der Waals surface area contributed by atoms with Gasteiger partial charge >= 0.3 is 0 Å². The molecular weight excluding hydrogens is 356 g/mol. The van der Waals surface area contributed by atoms with E-state index in [2.05, 4.69) is 24.5 Å². The molecule has 0 heterocycles. The van der Waals surface area contributed by atoms with Gasteiger partial charge in [-0.2, -0.15) is 0 Å². The molecule has 2 N–H and O–H groups in total. The Morgan fingerprint density at radius 2 is 1.04 bits per heavy atom. The lowest BCUT2D eigenvalue weighted by Crippen LogP contribution is -2.46. The Balaban J connectivity index is 1.80. The lowest BCUT2D eigenvalue weighted by atomic mass is 9.66. The van der Waals surface area contributed by atoms with Crippen molar-refractivity contribution >= 4 is 23.4 Å². The maximum atomic E-state index is 11.9. The van der Waals surface area contributed by atoms with Crippen molar-refractivity contribution in [2.24, 2.45) is 23.7 Å². The molecular formula is C22H36N2O4. The molecule has 6 unspecified atom stereocenters. The number of amides is 2. The number of hydrogen-bond acceptors (Lipinski definition) is 4. The molecule has 2 fully saturated rings. The van der Waals surface area contributed by atoms with Crippen LogP contribution in [0.3, 0.4) is 0 Å². The number of Topliss-reactive ketones (excluding diaryl/α,β-unsaturated/α-hetero) is 2. The van der Waals surface area contributed by atoms with E-state index in [-0.39, 0.29) is 48.3 Å². The van der Waals surface area contributed by atoms with Crippen LogP contribution in [0.5, 0.6) is 0 Å². The Hall–Kier alpha value is -1.72. The van der Waals surface area contributed by atoms with E-state index in [1.54, 1.807) is 0 Å². The van der Waals surface area contributed by atoms with Gasteiger partial charge in [0, 0.05) is 12.1 Å². The van der Waals surface area contributed by atoms with Crippen LogP contribution < -0.4 is 10.6 Å². The number of carbonyl (C=O) groups excluding carboxylic acids is 4. The van der Waals surface area contributed by atoms with Gasteiger partial charge in [0.1, 0.15) is 11.6 Å². The molecule has 0 aromatic rings. The highest BCUT2D eigenvalue weighted by Crippen LogP contribution is 2.42. The summed E-state index contributed by atoms with van der Waals surface area (Å²) in [4.78, 5) is 46.0. The first-order valence-electron chi connectivity index (χ1n) is 10.7. The summed E-state index contributed by atoms with van der Waals surface area (Å²) in [5, 5.41) is 6.08. The third-order valence-electron chi connectivity index (χ3n) is 6.60. The van der Waals surface area contributed by atoms with Crippen LogP contribution >= 0.6 is 0 Å². The van der Waals surface area contributed by atoms with Gasteiger partial charge in [-0.15, -0.1) is 0 Å². The van der Waals surface area contributed by atoms with Crippen LogP contribution in [0, 0.1) is 23.7 Å². The summed E-state index contributed by atoms with van der Waals surface area (Å²) in [6.07, 6.45) is 6.31. The zero-order chi connectivity index (χ0) is 20.8. The van der Waals surface area contributed by atoms with Gasteiger partial charge in [0.05, 0.1) is 12.8 Å². The van der Waals surface area contributed by atoms with E-state index in [1.165, 1.54) is 13.8 Å². The molecule has 2 aliphatic rings. The van der Waals surface area contributed by atoms with Crippen molar-refractivity contribution in [1.82, 2.24) is 10.6 Å². The minimum atomic E-state index is -0.154. The first kappa shape index (κ1) is 22.6. The van der Waals surface area contributed by atoms with E-state index >= 15 is 0 Å². The minimum Gasteiger partial charge on any atom is -0.353 e. The Kier molecular flexibility index (Phi) is 8.20. The van der Waals surface area contributed by atoms with Crippen molar-refractivity contribution in [2.45, 2.75) is 91.1 Å². The lowest BCUT2D eigenvalue weighted by Gasteiger charge is -2.43. The standard InChI is InChI=1S/C22H36N2O4/c1-13-9-17(5-7-19(13)23-21(27)11-15(3)25)18-6-8-20(14(2)10-18)24-22(28)12-16(4)26/h13-14,17-20H,5-12H2,1-4H3,(H,23,27)(H,24,28). The van der Waals surface area contributed by atoms with Crippen LogP contribution in [0.1, 0.15) is 79.1 Å². The molecule has 6 atom stereocenters. The van der Waals surface area contributed by atoms with Crippen molar-refractivity contribution in [3.63, 3.8) is 0 Å². The Morgan fingerprint density at radius 1 is 0.679 bits per heavy atom. The van der Waals surface area contributed by atoms with Crippen LogP contribution in [-0.2, 0) is 19.2 Å². The summed E-state index contributed by atoms with van der Waals surface area (Å²) in [6, 6.07) is 0.338. The molecule has 28 heavy (non-hydrogen) atoms. The lowest BCUT2D eigenvalue weighted by molar-refractivity contribution is -0.130. The highest BCUT2D eigenvalue weighted by Gasteiger charge is 2.37. The molecule has 0 aliphatic heterocycles. The van der Waals surface area contributed by atoms with Gasteiger partial charge in [-0.25, -0.2) is 0 Å². The molecule has 0 saturated heterocycles. The first-order chi connectivity index (χ1) is 13.2. The van der Waals surface area contributed by atoms with Gasteiger partial charge in [-0.1, -0.05) is 13.8 Å². The Morgan fingerprint density at radius 3 is 1.32 bits per heavy atom. The molecule has 2 rings (SSSR count). The normalized spacial score (nSPS) is 33.0. The smallest absolute Gasteiger partial charge is 0.227 e. The second-order valence-electron chi connectivity index (χ2n) is 9.21. The van der Waals surface area contributed by atoms with Gasteiger partial charge in [-0.3, -0.25) is 19.2 Å². The molecule has 2 aliphatic carbocycles. The quantitative estimate of drug-likeness (QED) is 0.652. The average molecular weight is 393 g/mol. The van der Waals surface area contributed by atoms with Crippen LogP contribution in [0.15, 0.2) is 0 Å². The van der Waals surface area contributed by atoms with Gasteiger partial charge < -0.3 is 10.6 Å². The molecule has 0 spiro atoms. The van der Waals surface area contributed by atoms with Crippen molar-refractivity contribution in [1.29, 1.82) is 0 Å². The van der Waals surface area contributed by atoms with Crippen LogP contribution in [0.4, 0.5) is 0 Å². The number of ketones is 2. The van der Waals surface area contributed by atoms with Gasteiger partial charge in [-0.05, 0) is 76.0 Å². The molecule has 6 nitrogen and oxygen atoms in total. The summed E-state index contributed by atoms with van der Waals surface area (Å²) in [6.45, 7) is 7.28. The highest BCUT2D eigenvalue weighted by molar-refractivity contribution is 5.97. The van der Waals surface area contributed by atoms with Gasteiger partial charge in [0.25, 0.3) is 0 Å². The fraction of sp³-hybridized carbons (Fsp3) is 0.818. The molecule has 0 aromatic heterocycles. The second-order valence-corrected chi connectivity index (χ2v) is 9.21. The van der Waals surface area contributed by atoms with Crippen molar-refractivity contribution in [3.05, 3.63) is 0 Å². The van der Waals surface area contributed by atoms with Crippen molar-refractivity contribution < 1.29 is 19.2 Å². The first-order valence-corrected chi connectivity index (χ1v) is 10.7. The molecule has 6 heteroatoms. The topological polar surface area (TPSA) is 92.3 Å². The number of carbonyl (C=O) groups is 4. The highest BCUT2D eigenvalue weighted by atomic mass is 16.2. The van der Waals surface area contributed by atoms with Crippen LogP contribution in [0.25, 0.3) is 0 Å². The number of rotatable bonds is 7. The maximum Gasteiger partial charge on any atom is 0.227 e. The third kappa shape index (κ3) is 6.71. The Bertz CT molecular complexity index is 551. The van der Waals surface area contributed by atoms with Crippen LogP contribution in [-0.4, -0.2) is 35.5 Å². The summed E-state index contributed by atoms with van der Waals surface area (Å²) >= 11 is 0. The fourth-order valence-corrected chi connectivity index (χ4v) is 5.13. The minimum absolute atomic E-state index is 0.0243. The zero-order valence-electron chi connectivity index (χ0n) is 17.8. The molecule has 2 saturated carbocycles. The van der Waals surface area contributed by atoms with Crippen molar-refractivity contribution in [2.75, 3.05) is 0 Å². The second kappa shape index (κ2) is 10.2. The number of hydrogen-bond donors (Lipinski definition) is 2. The summed E-state index contributed by atoms with van der Waals surface area (Å²) in [5.41, 5.74) is 0. The van der Waals surface area contributed by atoms with E-state index < -0.39 is 0 Å². The summed E-state index contributed by atoms with van der Waals surface area (Å²) < 4.78 is 0. The monoisotopic (exact) mass is 392 g/mol. The molecule has 0 aromatic carbocycles. The van der Waals surface area contributed by atoms with E-state index in [1.807, 2.05) is 0 Å². The van der Waals surface area contributed by atoms with Gasteiger partial charge in [0.15, 0.2) is 0 Å². The van der Waals surface area contributed by atoms with E-state index in [0.29, 0.717) is 23.7 Å². The van der Waals surface area contributed by atoms with Gasteiger partial charge in [0.2, 0.25) is 11.8 Å². The summed E-state index contributed by atoms with van der Waals surface area (Å²) in [7, 11) is 0. The van der Waals surface area contributed by atoms with Crippen molar-refractivity contribution in [3.8, 4) is 0 Å². The van der Waals surface area contributed by atoms with Crippen LogP contribution in [0.2, 0.25) is 0 Å². The predicted molar refractivity (Wildman–Crippen MR) is 107 cm³/mol. The Labute approximate surface area is 168 Å². The van der Waals surface area contributed by atoms with E-state index in [4.69, 9.17) is 0 Å². The SMILES string of the molecule is CC(=O)CC(=O)NC1CCC(C2CCC(NC(=O)CC(C)=O)C(C)C2)CC1C. The zero-order valence-corrected chi connectivity index (χ0v) is 17.8. The summed E-state index contributed by atoms with van der Waals surface area (Å²) in [5.74, 6) is 1.65. The maximum absolute atomic E-state index is 11.9. The largest absolute Gasteiger partial charge is 0.353 e. The van der Waals surface area contributed by atoms with E-state index in [9.17, 15) is 19.2 Å². The molecule has 0 bridgehead atoms. The third-order valence-corrected chi connectivity index (χ3v) is 6.60. The molecule has 158 valence electrons. The van der Waals surface area contributed by atoms with E-state index in [0.717, 1.165) is 38.5 Å².